The summed E-state index contributed by atoms with van der Waals surface area (Å²) in [5.41, 5.74) is 0. The lowest BCUT2D eigenvalue weighted by Gasteiger charge is -2.25. The van der Waals surface area contributed by atoms with E-state index in [1.165, 1.54) is 0 Å². The molecule has 0 radical (unpaired) electrons. The Morgan fingerprint density at radius 3 is 2.61 bits per heavy atom. The van der Waals surface area contributed by atoms with E-state index in [2.05, 4.69) is 13.8 Å². The molecule has 0 bridgehead atoms. The van der Waals surface area contributed by atoms with Gasteiger partial charge in [-0.1, -0.05) is 13.8 Å². The second-order valence-corrected chi connectivity index (χ2v) is 5.90. The summed E-state index contributed by atoms with van der Waals surface area (Å²) in [6, 6.07) is 0.0436. The normalized spacial score (nSPS) is 24.3. The number of hydrogen-bond donors (Lipinski definition) is 1. The zero-order chi connectivity index (χ0) is 13.7. The van der Waals surface area contributed by atoms with Gasteiger partial charge < -0.3 is 14.7 Å². The van der Waals surface area contributed by atoms with Crippen LogP contribution >= 0.6 is 0 Å². The van der Waals surface area contributed by atoms with Crippen molar-refractivity contribution >= 4 is 5.91 Å². The summed E-state index contributed by atoms with van der Waals surface area (Å²) in [5, 5.41) is 9.71. The summed E-state index contributed by atoms with van der Waals surface area (Å²) in [6.07, 6.45) is 1.88. The molecule has 1 aliphatic heterocycles. The van der Waals surface area contributed by atoms with E-state index in [0.717, 1.165) is 6.42 Å². The Labute approximate surface area is 110 Å². The molecule has 0 saturated carbocycles. The van der Waals surface area contributed by atoms with Gasteiger partial charge in [0.15, 0.2) is 0 Å². The van der Waals surface area contributed by atoms with Crippen LogP contribution in [0.25, 0.3) is 0 Å². The van der Waals surface area contributed by atoms with Gasteiger partial charge in [-0.2, -0.15) is 0 Å². The first kappa shape index (κ1) is 15.4. The average Bonchev–Trinajstić information content (AvgIpc) is 2.64. The van der Waals surface area contributed by atoms with Crippen molar-refractivity contribution < 1.29 is 14.6 Å². The van der Waals surface area contributed by atoms with Gasteiger partial charge in [0.1, 0.15) is 0 Å². The standard InChI is InChI=1S/C14H27NO3/c1-10(2)5-6-14(17)15-8-13(16)7-12(15)9-18-11(3)4/h10-13,16H,5-9H2,1-4H3/t12-,13+/m1/s1. The number of ether oxygens (including phenoxy) is 1. The topological polar surface area (TPSA) is 49.8 Å². The van der Waals surface area contributed by atoms with Crippen LogP contribution in [0.2, 0.25) is 0 Å². The zero-order valence-corrected chi connectivity index (χ0v) is 12.1. The molecular formula is C14H27NO3. The molecule has 0 aromatic carbocycles. The summed E-state index contributed by atoms with van der Waals surface area (Å²) in [7, 11) is 0. The zero-order valence-electron chi connectivity index (χ0n) is 12.1. The van der Waals surface area contributed by atoms with E-state index in [1.54, 1.807) is 4.90 Å². The number of carbonyl (C=O) groups is 1. The van der Waals surface area contributed by atoms with Crippen LogP contribution in [0.5, 0.6) is 0 Å². The molecule has 1 aliphatic rings. The number of aliphatic hydroxyl groups excluding tert-OH is 1. The van der Waals surface area contributed by atoms with E-state index in [4.69, 9.17) is 4.74 Å². The molecule has 1 N–H and O–H groups in total. The second-order valence-electron chi connectivity index (χ2n) is 5.90. The Kier molecular flexibility index (Phi) is 6.09. The first-order chi connectivity index (χ1) is 8.40. The minimum Gasteiger partial charge on any atom is -0.391 e. The average molecular weight is 257 g/mol. The van der Waals surface area contributed by atoms with Crippen molar-refractivity contribution in [2.24, 2.45) is 5.92 Å². The molecule has 1 amide bonds. The predicted molar refractivity (Wildman–Crippen MR) is 71.3 cm³/mol. The van der Waals surface area contributed by atoms with Crippen molar-refractivity contribution in [3.8, 4) is 0 Å². The molecule has 0 aromatic rings. The Hall–Kier alpha value is -0.610. The number of β-amino-alcohol motifs (C(OH)–C–C–N with tert-alkyl or cyclic N) is 1. The van der Waals surface area contributed by atoms with Gasteiger partial charge in [0.25, 0.3) is 0 Å². The van der Waals surface area contributed by atoms with Crippen molar-refractivity contribution in [3.63, 3.8) is 0 Å². The maximum absolute atomic E-state index is 12.1. The summed E-state index contributed by atoms with van der Waals surface area (Å²) in [4.78, 5) is 13.9. The van der Waals surface area contributed by atoms with Crippen LogP contribution in [-0.2, 0) is 9.53 Å². The summed E-state index contributed by atoms with van der Waals surface area (Å²) in [6.45, 7) is 9.19. The lowest BCUT2D eigenvalue weighted by Crippen LogP contribution is -2.39. The fraction of sp³-hybridized carbons (Fsp3) is 0.929. The minimum atomic E-state index is -0.395. The maximum atomic E-state index is 12.1. The van der Waals surface area contributed by atoms with Crippen molar-refractivity contribution in [1.29, 1.82) is 0 Å². The highest BCUT2D eigenvalue weighted by atomic mass is 16.5. The quantitative estimate of drug-likeness (QED) is 0.789. The lowest BCUT2D eigenvalue weighted by atomic mass is 10.1. The van der Waals surface area contributed by atoms with Gasteiger partial charge in [-0.05, 0) is 32.6 Å². The van der Waals surface area contributed by atoms with E-state index >= 15 is 0 Å². The van der Waals surface area contributed by atoms with Crippen LogP contribution in [0.1, 0.15) is 47.0 Å². The molecule has 18 heavy (non-hydrogen) atoms. The third-order valence-electron chi connectivity index (χ3n) is 3.27. The number of carbonyl (C=O) groups excluding carboxylic acids is 1. The molecule has 106 valence electrons. The third kappa shape index (κ3) is 4.94. The van der Waals surface area contributed by atoms with E-state index in [9.17, 15) is 9.90 Å². The molecule has 0 spiro atoms. The van der Waals surface area contributed by atoms with Crippen LogP contribution in [0.3, 0.4) is 0 Å². The van der Waals surface area contributed by atoms with Gasteiger partial charge in [0.2, 0.25) is 5.91 Å². The largest absolute Gasteiger partial charge is 0.391 e. The van der Waals surface area contributed by atoms with Crippen molar-refractivity contribution in [3.05, 3.63) is 0 Å². The highest BCUT2D eigenvalue weighted by molar-refractivity contribution is 5.77. The fourth-order valence-corrected chi connectivity index (χ4v) is 2.21. The smallest absolute Gasteiger partial charge is 0.222 e. The van der Waals surface area contributed by atoms with Crippen LogP contribution in [0, 0.1) is 5.92 Å². The number of nitrogens with zero attached hydrogens (tertiary/aromatic N) is 1. The molecular weight excluding hydrogens is 230 g/mol. The fourth-order valence-electron chi connectivity index (χ4n) is 2.21. The molecule has 4 heteroatoms. The van der Waals surface area contributed by atoms with Gasteiger partial charge in [-0.25, -0.2) is 0 Å². The number of amides is 1. The molecule has 0 unspecified atom stereocenters. The Balaban J connectivity index is 2.47. The van der Waals surface area contributed by atoms with E-state index in [1.807, 2.05) is 13.8 Å². The van der Waals surface area contributed by atoms with Gasteiger partial charge in [0.05, 0.1) is 24.9 Å². The monoisotopic (exact) mass is 257 g/mol. The lowest BCUT2D eigenvalue weighted by molar-refractivity contribution is -0.134. The van der Waals surface area contributed by atoms with E-state index in [0.29, 0.717) is 31.9 Å². The van der Waals surface area contributed by atoms with Gasteiger partial charge in [0, 0.05) is 13.0 Å². The van der Waals surface area contributed by atoms with Crippen molar-refractivity contribution in [2.75, 3.05) is 13.2 Å². The Bertz CT molecular complexity index is 266. The number of hydrogen-bond acceptors (Lipinski definition) is 3. The van der Waals surface area contributed by atoms with Crippen molar-refractivity contribution in [2.45, 2.75) is 65.2 Å². The van der Waals surface area contributed by atoms with Crippen LogP contribution in [-0.4, -0.2) is 47.3 Å². The number of aliphatic hydroxyl groups is 1. The van der Waals surface area contributed by atoms with Crippen LogP contribution < -0.4 is 0 Å². The SMILES string of the molecule is CC(C)CCC(=O)N1C[C@@H](O)C[C@@H]1COC(C)C. The summed E-state index contributed by atoms with van der Waals surface area (Å²) >= 11 is 0. The highest BCUT2D eigenvalue weighted by Crippen LogP contribution is 2.20. The molecule has 1 rings (SSSR count). The number of rotatable bonds is 6. The molecule has 2 atom stereocenters. The molecule has 1 fully saturated rings. The van der Waals surface area contributed by atoms with Crippen LogP contribution in [0.4, 0.5) is 0 Å². The van der Waals surface area contributed by atoms with Gasteiger partial charge in [-0.3, -0.25) is 4.79 Å². The Morgan fingerprint density at radius 2 is 2.06 bits per heavy atom. The van der Waals surface area contributed by atoms with Gasteiger partial charge in [-0.15, -0.1) is 0 Å². The minimum absolute atomic E-state index is 0.0436. The molecule has 1 heterocycles. The summed E-state index contributed by atoms with van der Waals surface area (Å²) < 4.78 is 5.58. The molecule has 4 nitrogen and oxygen atoms in total. The maximum Gasteiger partial charge on any atom is 0.222 e. The molecule has 1 saturated heterocycles. The molecule has 0 aliphatic carbocycles. The van der Waals surface area contributed by atoms with E-state index < -0.39 is 6.10 Å². The number of likely N-dealkylation sites (tertiary alicyclic amines) is 1. The first-order valence-electron chi connectivity index (χ1n) is 6.99. The first-order valence-corrected chi connectivity index (χ1v) is 6.99. The Morgan fingerprint density at radius 1 is 1.39 bits per heavy atom. The summed E-state index contributed by atoms with van der Waals surface area (Å²) in [5.74, 6) is 0.685. The van der Waals surface area contributed by atoms with Gasteiger partial charge >= 0.3 is 0 Å². The second kappa shape index (κ2) is 7.10. The predicted octanol–water partition coefficient (Wildman–Crippen LogP) is 1.81. The van der Waals surface area contributed by atoms with E-state index in [-0.39, 0.29) is 18.1 Å². The third-order valence-corrected chi connectivity index (χ3v) is 3.27. The highest BCUT2D eigenvalue weighted by Gasteiger charge is 2.34. The van der Waals surface area contributed by atoms with Crippen molar-refractivity contribution in [1.82, 2.24) is 4.90 Å². The van der Waals surface area contributed by atoms with Crippen LogP contribution in [0.15, 0.2) is 0 Å². The molecule has 0 aromatic heterocycles.